The standard InChI is InChI=1S/C9H13NO2.C2H6/c1-7(11)6-12-9-4-2-8(10)3-5-9;1-2/h2-5,7,11H,6,10H2,1H3;1-2H3. The van der Waals surface area contributed by atoms with Crippen LogP contribution in [0.2, 0.25) is 0 Å². The minimum atomic E-state index is -0.442. The van der Waals surface area contributed by atoms with Crippen molar-refractivity contribution in [3.63, 3.8) is 0 Å². The number of hydrogen-bond acceptors (Lipinski definition) is 3. The van der Waals surface area contributed by atoms with E-state index in [1.165, 1.54) is 0 Å². The number of aliphatic hydroxyl groups is 1. The van der Waals surface area contributed by atoms with E-state index in [1.54, 1.807) is 31.2 Å². The molecule has 14 heavy (non-hydrogen) atoms. The fourth-order valence-corrected chi connectivity index (χ4v) is 0.781. The predicted octanol–water partition coefficient (Wildman–Crippen LogP) is 2.05. The SMILES string of the molecule is CC.CC(O)COc1ccc(N)cc1. The van der Waals surface area contributed by atoms with Gasteiger partial charge in [-0.25, -0.2) is 0 Å². The number of nitrogens with two attached hydrogens (primary N) is 1. The molecule has 0 heterocycles. The normalized spacial score (nSPS) is 11.1. The van der Waals surface area contributed by atoms with Crippen LogP contribution in [0.3, 0.4) is 0 Å². The maximum absolute atomic E-state index is 8.92. The first kappa shape index (κ1) is 12.8. The minimum Gasteiger partial charge on any atom is -0.491 e. The average molecular weight is 197 g/mol. The molecular formula is C11H19NO2. The van der Waals surface area contributed by atoms with E-state index in [9.17, 15) is 0 Å². The fraction of sp³-hybridized carbons (Fsp3) is 0.455. The van der Waals surface area contributed by atoms with Gasteiger partial charge in [-0.2, -0.15) is 0 Å². The summed E-state index contributed by atoms with van der Waals surface area (Å²) in [7, 11) is 0. The third-order valence-corrected chi connectivity index (χ3v) is 1.37. The summed E-state index contributed by atoms with van der Waals surface area (Å²) in [6, 6.07) is 7.07. The predicted molar refractivity (Wildman–Crippen MR) is 59.4 cm³/mol. The Morgan fingerprint density at radius 2 is 1.79 bits per heavy atom. The number of hydrogen-bond donors (Lipinski definition) is 2. The Bertz CT molecular complexity index is 232. The molecule has 0 aliphatic carbocycles. The monoisotopic (exact) mass is 197 g/mol. The molecule has 0 aliphatic rings. The molecule has 80 valence electrons. The van der Waals surface area contributed by atoms with Crippen LogP contribution in [0.5, 0.6) is 5.75 Å². The van der Waals surface area contributed by atoms with E-state index in [0.29, 0.717) is 12.3 Å². The maximum Gasteiger partial charge on any atom is 0.119 e. The molecule has 0 radical (unpaired) electrons. The van der Waals surface area contributed by atoms with Gasteiger partial charge in [0.05, 0.1) is 6.10 Å². The molecule has 0 spiro atoms. The van der Waals surface area contributed by atoms with Crippen LogP contribution in [0.25, 0.3) is 0 Å². The number of benzene rings is 1. The highest BCUT2D eigenvalue weighted by molar-refractivity contribution is 5.41. The Labute approximate surface area is 85.5 Å². The molecule has 3 heteroatoms. The van der Waals surface area contributed by atoms with Gasteiger partial charge in [-0.05, 0) is 31.2 Å². The number of ether oxygens (including phenoxy) is 1. The molecule has 1 aromatic carbocycles. The van der Waals surface area contributed by atoms with Crippen LogP contribution >= 0.6 is 0 Å². The van der Waals surface area contributed by atoms with Crippen molar-refractivity contribution in [3.05, 3.63) is 24.3 Å². The van der Waals surface area contributed by atoms with Crippen molar-refractivity contribution in [2.45, 2.75) is 26.9 Å². The summed E-state index contributed by atoms with van der Waals surface area (Å²) in [4.78, 5) is 0. The molecule has 3 nitrogen and oxygen atoms in total. The van der Waals surface area contributed by atoms with Crippen molar-refractivity contribution in [1.82, 2.24) is 0 Å². The lowest BCUT2D eigenvalue weighted by Crippen LogP contribution is -2.12. The maximum atomic E-state index is 8.92. The summed E-state index contributed by atoms with van der Waals surface area (Å²) in [5.41, 5.74) is 6.19. The van der Waals surface area contributed by atoms with Gasteiger partial charge in [0.2, 0.25) is 0 Å². The van der Waals surface area contributed by atoms with E-state index in [4.69, 9.17) is 15.6 Å². The molecule has 1 atom stereocenters. The minimum absolute atomic E-state index is 0.309. The summed E-state index contributed by atoms with van der Waals surface area (Å²) >= 11 is 0. The average Bonchev–Trinajstić information content (AvgIpc) is 2.20. The topological polar surface area (TPSA) is 55.5 Å². The highest BCUT2D eigenvalue weighted by Crippen LogP contribution is 2.12. The molecule has 0 aromatic heterocycles. The van der Waals surface area contributed by atoms with Crippen LogP contribution in [-0.2, 0) is 0 Å². The van der Waals surface area contributed by atoms with Crippen LogP contribution in [0, 0.1) is 0 Å². The Morgan fingerprint density at radius 3 is 2.21 bits per heavy atom. The van der Waals surface area contributed by atoms with Gasteiger partial charge in [-0.15, -0.1) is 0 Å². The Balaban J connectivity index is 0.000000791. The Kier molecular flexibility index (Phi) is 6.58. The second-order valence-electron chi connectivity index (χ2n) is 2.73. The Morgan fingerprint density at radius 1 is 1.29 bits per heavy atom. The van der Waals surface area contributed by atoms with Gasteiger partial charge in [0, 0.05) is 5.69 Å². The first-order chi connectivity index (χ1) is 6.68. The molecule has 0 bridgehead atoms. The molecule has 0 fully saturated rings. The lowest BCUT2D eigenvalue weighted by atomic mass is 10.3. The first-order valence-corrected chi connectivity index (χ1v) is 4.85. The molecule has 0 saturated carbocycles. The van der Waals surface area contributed by atoms with E-state index >= 15 is 0 Å². The first-order valence-electron chi connectivity index (χ1n) is 4.85. The third-order valence-electron chi connectivity index (χ3n) is 1.37. The van der Waals surface area contributed by atoms with Gasteiger partial charge in [-0.1, -0.05) is 13.8 Å². The van der Waals surface area contributed by atoms with Crippen LogP contribution in [-0.4, -0.2) is 17.8 Å². The van der Waals surface area contributed by atoms with E-state index in [2.05, 4.69) is 0 Å². The van der Waals surface area contributed by atoms with Crippen LogP contribution in [0.1, 0.15) is 20.8 Å². The summed E-state index contributed by atoms with van der Waals surface area (Å²) < 4.78 is 5.22. The Hall–Kier alpha value is -1.22. The molecule has 1 unspecified atom stereocenters. The van der Waals surface area contributed by atoms with Gasteiger partial charge >= 0.3 is 0 Å². The zero-order chi connectivity index (χ0) is 11.0. The molecular weight excluding hydrogens is 178 g/mol. The van der Waals surface area contributed by atoms with Crippen molar-refractivity contribution < 1.29 is 9.84 Å². The summed E-state index contributed by atoms with van der Waals surface area (Å²) in [5, 5.41) is 8.92. The van der Waals surface area contributed by atoms with Crippen molar-refractivity contribution in [1.29, 1.82) is 0 Å². The number of nitrogen functional groups attached to an aromatic ring is 1. The summed E-state index contributed by atoms with van der Waals surface area (Å²) in [6.07, 6.45) is -0.442. The van der Waals surface area contributed by atoms with E-state index < -0.39 is 6.10 Å². The third kappa shape index (κ3) is 5.43. The van der Waals surface area contributed by atoms with E-state index in [0.717, 1.165) is 5.75 Å². The number of aliphatic hydroxyl groups excluding tert-OH is 1. The van der Waals surface area contributed by atoms with Gasteiger partial charge in [-0.3, -0.25) is 0 Å². The zero-order valence-corrected chi connectivity index (χ0v) is 9.03. The van der Waals surface area contributed by atoms with Gasteiger partial charge in [0.1, 0.15) is 12.4 Å². The quantitative estimate of drug-likeness (QED) is 0.729. The largest absolute Gasteiger partial charge is 0.491 e. The smallest absolute Gasteiger partial charge is 0.119 e. The molecule has 1 rings (SSSR count). The van der Waals surface area contributed by atoms with Crippen LogP contribution in [0.4, 0.5) is 5.69 Å². The molecule has 1 aromatic rings. The second-order valence-corrected chi connectivity index (χ2v) is 2.73. The van der Waals surface area contributed by atoms with Gasteiger partial charge < -0.3 is 15.6 Å². The van der Waals surface area contributed by atoms with Crippen LogP contribution in [0.15, 0.2) is 24.3 Å². The summed E-state index contributed by atoms with van der Waals surface area (Å²) in [5.74, 6) is 0.727. The highest BCUT2D eigenvalue weighted by atomic mass is 16.5. The van der Waals surface area contributed by atoms with Gasteiger partial charge in [0.15, 0.2) is 0 Å². The lowest BCUT2D eigenvalue weighted by Gasteiger charge is -2.07. The second kappa shape index (κ2) is 7.21. The van der Waals surface area contributed by atoms with Gasteiger partial charge in [0.25, 0.3) is 0 Å². The fourth-order valence-electron chi connectivity index (χ4n) is 0.781. The van der Waals surface area contributed by atoms with Crippen molar-refractivity contribution in [2.75, 3.05) is 12.3 Å². The molecule has 3 N–H and O–H groups in total. The highest BCUT2D eigenvalue weighted by Gasteiger charge is 1.96. The van der Waals surface area contributed by atoms with Crippen molar-refractivity contribution >= 4 is 5.69 Å². The van der Waals surface area contributed by atoms with E-state index in [-0.39, 0.29) is 0 Å². The zero-order valence-electron chi connectivity index (χ0n) is 9.03. The molecule has 0 aliphatic heterocycles. The van der Waals surface area contributed by atoms with E-state index in [1.807, 2.05) is 13.8 Å². The molecule has 0 amide bonds. The van der Waals surface area contributed by atoms with Crippen molar-refractivity contribution in [2.24, 2.45) is 0 Å². The number of rotatable bonds is 3. The molecule has 0 saturated heterocycles. The number of anilines is 1. The lowest BCUT2D eigenvalue weighted by molar-refractivity contribution is 0.123. The van der Waals surface area contributed by atoms with Crippen molar-refractivity contribution in [3.8, 4) is 5.75 Å². The van der Waals surface area contributed by atoms with Crippen LogP contribution < -0.4 is 10.5 Å². The summed E-state index contributed by atoms with van der Waals surface area (Å²) in [6.45, 7) is 5.99.